The molecule has 2 aromatic rings. The van der Waals surface area contributed by atoms with Gasteiger partial charge in [-0.25, -0.2) is 4.98 Å². The Balaban J connectivity index is 1.95. The quantitative estimate of drug-likeness (QED) is 0.865. The van der Waals surface area contributed by atoms with Gasteiger partial charge in [-0.15, -0.1) is 0 Å². The van der Waals surface area contributed by atoms with E-state index in [9.17, 15) is 4.79 Å². The number of ether oxygens (including phenoxy) is 1. The van der Waals surface area contributed by atoms with Gasteiger partial charge < -0.3 is 19.8 Å². The minimum atomic E-state index is -0.118. The lowest BCUT2D eigenvalue weighted by atomic mass is 10.2. The van der Waals surface area contributed by atoms with E-state index in [1.165, 1.54) is 0 Å². The zero-order valence-electron chi connectivity index (χ0n) is 10.6. The molecule has 6 heteroatoms. The van der Waals surface area contributed by atoms with Gasteiger partial charge in [0.15, 0.2) is 11.5 Å². The van der Waals surface area contributed by atoms with E-state index in [1.54, 1.807) is 11.8 Å². The van der Waals surface area contributed by atoms with Crippen molar-refractivity contribution in [3.8, 4) is 0 Å². The van der Waals surface area contributed by atoms with Gasteiger partial charge in [-0.05, 0) is 18.2 Å². The highest BCUT2D eigenvalue weighted by atomic mass is 16.5. The Morgan fingerprint density at radius 1 is 1.53 bits per heavy atom. The molecule has 1 amide bonds. The summed E-state index contributed by atoms with van der Waals surface area (Å²) in [4.78, 5) is 17.9. The van der Waals surface area contributed by atoms with E-state index in [-0.39, 0.29) is 18.6 Å². The van der Waals surface area contributed by atoms with Crippen LogP contribution in [0.5, 0.6) is 0 Å². The van der Waals surface area contributed by atoms with Crippen LogP contribution in [0, 0.1) is 6.92 Å². The Morgan fingerprint density at radius 2 is 2.37 bits per heavy atom. The van der Waals surface area contributed by atoms with E-state index in [0.29, 0.717) is 19.0 Å². The summed E-state index contributed by atoms with van der Waals surface area (Å²) >= 11 is 0. The number of hydrogen-bond acceptors (Lipinski definition) is 5. The third-order valence-electron chi connectivity index (χ3n) is 3.18. The second-order valence-electron chi connectivity index (χ2n) is 4.56. The third kappa shape index (κ3) is 2.20. The number of benzene rings is 1. The summed E-state index contributed by atoms with van der Waals surface area (Å²) in [5.41, 5.74) is 7.86. The molecule has 0 aliphatic carbocycles. The van der Waals surface area contributed by atoms with Crippen molar-refractivity contribution >= 4 is 22.7 Å². The maximum absolute atomic E-state index is 11.9. The van der Waals surface area contributed by atoms with E-state index >= 15 is 0 Å². The van der Waals surface area contributed by atoms with Crippen LogP contribution in [-0.4, -0.2) is 36.7 Å². The van der Waals surface area contributed by atoms with E-state index in [1.807, 2.05) is 18.2 Å². The molecule has 0 saturated carbocycles. The lowest BCUT2D eigenvalue weighted by Gasteiger charge is -2.32. The summed E-state index contributed by atoms with van der Waals surface area (Å²) < 4.78 is 10.8. The molecular weight excluding hydrogens is 246 g/mol. The predicted octanol–water partition coefficient (Wildman–Crippen LogP) is 0.827. The van der Waals surface area contributed by atoms with Crippen LogP contribution in [0.15, 0.2) is 22.6 Å². The highest BCUT2D eigenvalue weighted by Gasteiger charge is 2.26. The first-order chi connectivity index (χ1) is 9.17. The first-order valence-electron chi connectivity index (χ1n) is 6.16. The molecule has 0 bridgehead atoms. The van der Waals surface area contributed by atoms with Crippen molar-refractivity contribution < 1.29 is 13.9 Å². The van der Waals surface area contributed by atoms with Crippen LogP contribution in [0.2, 0.25) is 0 Å². The van der Waals surface area contributed by atoms with Gasteiger partial charge in [0.2, 0.25) is 0 Å². The minimum absolute atomic E-state index is 0.0655. The van der Waals surface area contributed by atoms with Gasteiger partial charge in [0, 0.05) is 19.2 Å². The molecule has 0 spiro atoms. The predicted molar refractivity (Wildman–Crippen MR) is 69.9 cm³/mol. The Bertz CT molecular complexity index is 623. The molecule has 1 saturated heterocycles. The lowest BCUT2D eigenvalue weighted by molar-refractivity contribution is -0.128. The zero-order valence-corrected chi connectivity index (χ0v) is 10.6. The van der Waals surface area contributed by atoms with Crippen LogP contribution in [0.1, 0.15) is 5.89 Å². The van der Waals surface area contributed by atoms with Crippen LogP contribution in [0.25, 0.3) is 11.1 Å². The summed E-state index contributed by atoms with van der Waals surface area (Å²) in [5, 5.41) is 0. The monoisotopic (exact) mass is 261 g/mol. The Hall–Kier alpha value is -1.92. The first kappa shape index (κ1) is 12.1. The fourth-order valence-electron chi connectivity index (χ4n) is 2.22. The number of carbonyl (C=O) groups is 1. The van der Waals surface area contributed by atoms with Crippen molar-refractivity contribution in [3.05, 3.63) is 24.1 Å². The molecule has 1 atom stereocenters. The van der Waals surface area contributed by atoms with Crippen molar-refractivity contribution in [3.63, 3.8) is 0 Å². The van der Waals surface area contributed by atoms with Crippen molar-refractivity contribution in [1.29, 1.82) is 0 Å². The average Bonchev–Trinajstić information content (AvgIpc) is 2.78. The number of carbonyl (C=O) groups excluding carboxylic acids is 1. The van der Waals surface area contributed by atoms with Gasteiger partial charge in [-0.1, -0.05) is 0 Å². The molecule has 6 nitrogen and oxygen atoms in total. The van der Waals surface area contributed by atoms with Gasteiger partial charge in [0.1, 0.15) is 12.1 Å². The van der Waals surface area contributed by atoms with E-state index in [4.69, 9.17) is 14.9 Å². The lowest BCUT2D eigenvalue weighted by Crippen LogP contribution is -2.49. The van der Waals surface area contributed by atoms with Gasteiger partial charge in [0.05, 0.1) is 12.6 Å². The number of nitrogens with zero attached hydrogens (tertiary/aromatic N) is 2. The molecule has 0 radical (unpaired) electrons. The number of hydrogen-bond donors (Lipinski definition) is 1. The molecule has 100 valence electrons. The molecule has 1 fully saturated rings. The number of anilines is 1. The number of nitrogens with two attached hydrogens (primary N) is 1. The van der Waals surface area contributed by atoms with Gasteiger partial charge >= 0.3 is 0 Å². The normalized spacial score (nSPS) is 20.2. The van der Waals surface area contributed by atoms with Crippen molar-refractivity contribution in [2.45, 2.75) is 13.0 Å². The molecule has 1 aromatic carbocycles. The van der Waals surface area contributed by atoms with Crippen LogP contribution >= 0.6 is 0 Å². The smallest absolute Gasteiger partial charge is 0.253 e. The number of aryl methyl sites for hydroxylation is 1. The van der Waals surface area contributed by atoms with Crippen molar-refractivity contribution in [2.75, 3.05) is 24.6 Å². The maximum Gasteiger partial charge on any atom is 0.253 e. The average molecular weight is 261 g/mol. The molecule has 1 aliphatic rings. The van der Waals surface area contributed by atoms with Crippen LogP contribution in [-0.2, 0) is 9.53 Å². The molecule has 19 heavy (non-hydrogen) atoms. The van der Waals surface area contributed by atoms with Gasteiger partial charge in [-0.2, -0.15) is 0 Å². The molecule has 2 N–H and O–H groups in total. The zero-order chi connectivity index (χ0) is 13.4. The molecule has 1 aliphatic heterocycles. The number of oxazole rings is 1. The van der Waals surface area contributed by atoms with Gasteiger partial charge in [-0.3, -0.25) is 4.79 Å². The number of fused-ring (bicyclic) bond motifs is 1. The fourth-order valence-corrected chi connectivity index (χ4v) is 2.22. The van der Waals surface area contributed by atoms with Gasteiger partial charge in [0.25, 0.3) is 5.91 Å². The topological polar surface area (TPSA) is 81.6 Å². The van der Waals surface area contributed by atoms with Crippen LogP contribution < -0.4 is 10.6 Å². The Kier molecular flexibility index (Phi) is 2.96. The number of amides is 1. The van der Waals surface area contributed by atoms with Crippen molar-refractivity contribution in [2.24, 2.45) is 5.73 Å². The van der Waals surface area contributed by atoms with E-state index < -0.39 is 0 Å². The number of morpholine rings is 1. The third-order valence-corrected chi connectivity index (χ3v) is 3.18. The fraction of sp³-hybridized carbons (Fsp3) is 0.385. The SMILES string of the molecule is Cc1nc2cc(N3CC(CN)OCC3=O)ccc2o1. The summed E-state index contributed by atoms with van der Waals surface area (Å²) in [5.74, 6) is 0.546. The summed E-state index contributed by atoms with van der Waals surface area (Å²) in [7, 11) is 0. The number of rotatable bonds is 2. The first-order valence-corrected chi connectivity index (χ1v) is 6.16. The molecule has 1 aromatic heterocycles. The number of aromatic nitrogens is 1. The second-order valence-corrected chi connectivity index (χ2v) is 4.56. The Labute approximate surface area is 110 Å². The van der Waals surface area contributed by atoms with Crippen LogP contribution in [0.4, 0.5) is 5.69 Å². The second kappa shape index (κ2) is 4.64. The molecular formula is C13H15N3O3. The molecule has 1 unspecified atom stereocenters. The largest absolute Gasteiger partial charge is 0.441 e. The highest BCUT2D eigenvalue weighted by molar-refractivity contribution is 5.96. The van der Waals surface area contributed by atoms with Crippen molar-refractivity contribution in [1.82, 2.24) is 4.98 Å². The van der Waals surface area contributed by atoms with Crippen LogP contribution in [0.3, 0.4) is 0 Å². The highest BCUT2D eigenvalue weighted by Crippen LogP contribution is 2.24. The summed E-state index contributed by atoms with van der Waals surface area (Å²) in [6.45, 7) is 2.73. The minimum Gasteiger partial charge on any atom is -0.441 e. The standard InChI is InChI=1S/C13H15N3O3/c1-8-15-11-4-9(2-3-12(11)19-8)16-6-10(5-14)18-7-13(16)17/h2-4,10H,5-7,14H2,1H3. The summed E-state index contributed by atoms with van der Waals surface area (Å²) in [6, 6.07) is 5.53. The molecule has 2 heterocycles. The van der Waals surface area contributed by atoms with E-state index in [2.05, 4.69) is 4.98 Å². The molecule has 3 rings (SSSR count). The maximum atomic E-state index is 11.9. The summed E-state index contributed by atoms with van der Waals surface area (Å²) in [6.07, 6.45) is -0.118. The Morgan fingerprint density at radius 3 is 3.16 bits per heavy atom. The van der Waals surface area contributed by atoms with E-state index in [0.717, 1.165) is 16.8 Å².